The zero-order valence-corrected chi connectivity index (χ0v) is 17.7. The molecule has 10 nitrogen and oxygen atoms in total. The number of anilines is 4. The van der Waals surface area contributed by atoms with E-state index >= 15 is 0 Å². The van der Waals surface area contributed by atoms with Gasteiger partial charge in [-0.3, -0.25) is 0 Å². The molecule has 1 fully saturated rings. The first kappa shape index (κ1) is 21.3. The number of aromatic nitrogens is 4. The number of rotatable bonds is 9. The van der Waals surface area contributed by atoms with Crippen LogP contribution in [0.1, 0.15) is 12.0 Å². The molecule has 31 heavy (non-hydrogen) atoms. The van der Waals surface area contributed by atoms with Gasteiger partial charge in [-0.25, -0.2) is 0 Å². The highest BCUT2D eigenvalue weighted by Crippen LogP contribution is 2.28. The van der Waals surface area contributed by atoms with Crippen LogP contribution in [0.25, 0.3) is 11.2 Å². The van der Waals surface area contributed by atoms with Crippen LogP contribution in [0, 0.1) is 6.92 Å². The van der Waals surface area contributed by atoms with Crippen molar-refractivity contribution in [3.63, 3.8) is 0 Å². The first-order chi connectivity index (χ1) is 15.2. The van der Waals surface area contributed by atoms with Gasteiger partial charge in [-0.1, -0.05) is 12.1 Å². The monoisotopic (exact) mass is 427 g/mol. The van der Waals surface area contributed by atoms with Crippen LogP contribution in [0.15, 0.2) is 24.3 Å². The number of nitrogens with zero attached hydrogens (tertiary/aromatic N) is 5. The number of aryl methyl sites for hydroxylation is 1. The molecule has 0 spiro atoms. The summed E-state index contributed by atoms with van der Waals surface area (Å²) in [6.07, 6.45) is 0.564. The second-order valence-corrected chi connectivity index (χ2v) is 7.51. The molecule has 0 saturated carbocycles. The molecule has 0 amide bonds. The predicted octanol–water partition coefficient (Wildman–Crippen LogP) is 1.42. The van der Waals surface area contributed by atoms with Crippen LogP contribution in [-0.4, -0.2) is 82.8 Å². The third-order valence-corrected chi connectivity index (χ3v) is 5.15. The van der Waals surface area contributed by atoms with Crippen LogP contribution in [0.3, 0.4) is 0 Å². The number of aliphatic hydroxyl groups excluding tert-OH is 2. The van der Waals surface area contributed by atoms with Crippen LogP contribution < -0.4 is 15.1 Å². The fraction of sp³-hybridized carbons (Fsp3) is 0.476. The van der Waals surface area contributed by atoms with E-state index in [4.69, 9.17) is 9.72 Å². The third kappa shape index (κ3) is 5.04. The average molecular weight is 428 g/mol. The topological polar surface area (TPSA) is 123 Å². The van der Waals surface area contributed by atoms with Crippen molar-refractivity contribution in [1.29, 1.82) is 0 Å². The minimum atomic E-state index is -0.0273. The molecular weight excluding hydrogens is 398 g/mol. The van der Waals surface area contributed by atoms with E-state index in [1.807, 2.05) is 36.1 Å². The van der Waals surface area contributed by atoms with E-state index in [-0.39, 0.29) is 13.2 Å². The number of H-pyrrole nitrogens is 1. The lowest BCUT2D eigenvalue weighted by Crippen LogP contribution is -2.37. The standard InChI is InChI=1S/C21H29N7O3/c1-15-4-2-5-16(14-15)22-20-23-17-18(24-20)25-21(28(7-11-30)6-3-10-29)26-19(17)27-8-12-31-13-9-27/h2,4-5,14,29-30H,3,6-13H2,1H3,(H2,22,23,24,25,26). The van der Waals surface area contributed by atoms with E-state index in [9.17, 15) is 10.2 Å². The zero-order valence-electron chi connectivity index (χ0n) is 17.7. The van der Waals surface area contributed by atoms with Gasteiger partial charge in [0.15, 0.2) is 11.5 Å². The number of fused-ring (bicyclic) bond motifs is 1. The first-order valence-corrected chi connectivity index (χ1v) is 10.6. The second-order valence-electron chi connectivity index (χ2n) is 7.51. The number of imidazole rings is 1. The van der Waals surface area contributed by atoms with Gasteiger partial charge in [0.1, 0.15) is 5.52 Å². The first-order valence-electron chi connectivity index (χ1n) is 10.6. The Balaban J connectivity index is 1.73. The highest BCUT2D eigenvalue weighted by molar-refractivity contribution is 5.87. The third-order valence-electron chi connectivity index (χ3n) is 5.15. The van der Waals surface area contributed by atoms with Gasteiger partial charge in [-0.15, -0.1) is 0 Å². The molecule has 10 heteroatoms. The van der Waals surface area contributed by atoms with Crippen molar-refractivity contribution >= 4 is 34.6 Å². The van der Waals surface area contributed by atoms with Gasteiger partial charge in [0.25, 0.3) is 0 Å². The minimum absolute atomic E-state index is 0.0273. The van der Waals surface area contributed by atoms with E-state index in [0.717, 1.165) is 35.7 Å². The van der Waals surface area contributed by atoms with Crippen molar-refractivity contribution < 1.29 is 14.9 Å². The van der Waals surface area contributed by atoms with Crippen molar-refractivity contribution in [3.8, 4) is 0 Å². The van der Waals surface area contributed by atoms with E-state index in [2.05, 4.69) is 25.2 Å². The molecule has 0 atom stereocenters. The van der Waals surface area contributed by atoms with Crippen molar-refractivity contribution in [2.75, 3.05) is 67.7 Å². The Labute approximate surface area is 180 Å². The van der Waals surface area contributed by atoms with Gasteiger partial charge in [0.2, 0.25) is 11.9 Å². The summed E-state index contributed by atoms with van der Waals surface area (Å²) in [5, 5.41) is 22.1. The Bertz CT molecular complexity index is 1000. The normalized spacial score (nSPS) is 14.2. The van der Waals surface area contributed by atoms with Gasteiger partial charge in [0, 0.05) is 38.5 Å². The maximum absolute atomic E-state index is 9.50. The lowest BCUT2D eigenvalue weighted by Gasteiger charge is -2.29. The van der Waals surface area contributed by atoms with Gasteiger partial charge < -0.3 is 35.1 Å². The Morgan fingerprint density at radius 2 is 1.97 bits per heavy atom. The summed E-state index contributed by atoms with van der Waals surface area (Å²) < 4.78 is 5.50. The molecule has 166 valence electrons. The minimum Gasteiger partial charge on any atom is -0.396 e. The Kier molecular flexibility index (Phi) is 6.80. The quantitative estimate of drug-likeness (QED) is 0.401. The van der Waals surface area contributed by atoms with Crippen LogP contribution in [0.2, 0.25) is 0 Å². The molecular formula is C21H29N7O3. The number of aromatic amines is 1. The van der Waals surface area contributed by atoms with Crippen molar-refractivity contribution in [1.82, 2.24) is 19.9 Å². The van der Waals surface area contributed by atoms with Crippen LogP contribution in [0.4, 0.5) is 23.4 Å². The molecule has 1 aliphatic rings. The fourth-order valence-electron chi connectivity index (χ4n) is 3.63. The molecule has 1 aromatic carbocycles. The number of hydrogen-bond acceptors (Lipinski definition) is 9. The fourth-order valence-corrected chi connectivity index (χ4v) is 3.63. The summed E-state index contributed by atoms with van der Waals surface area (Å²) in [6, 6.07) is 8.06. The van der Waals surface area contributed by atoms with Gasteiger partial charge in [0.05, 0.1) is 19.8 Å². The molecule has 0 radical (unpaired) electrons. The molecule has 2 aromatic heterocycles. The zero-order chi connectivity index (χ0) is 21.6. The van der Waals surface area contributed by atoms with E-state index in [1.165, 1.54) is 0 Å². The number of benzene rings is 1. The lowest BCUT2D eigenvalue weighted by molar-refractivity contribution is 0.122. The summed E-state index contributed by atoms with van der Waals surface area (Å²) in [5.74, 6) is 1.84. The number of aliphatic hydroxyl groups is 2. The SMILES string of the molecule is Cc1cccc(Nc2nc3nc(N(CCO)CCCO)nc(N4CCOCC4)c3[nH]2)c1. The molecule has 3 heterocycles. The number of nitrogens with one attached hydrogen (secondary N) is 2. The molecule has 1 saturated heterocycles. The average Bonchev–Trinajstić information content (AvgIpc) is 3.18. The summed E-state index contributed by atoms with van der Waals surface area (Å²) in [4.78, 5) is 21.5. The number of morpholine rings is 1. The molecule has 0 bridgehead atoms. The van der Waals surface area contributed by atoms with Crippen molar-refractivity contribution in [2.45, 2.75) is 13.3 Å². The van der Waals surface area contributed by atoms with Crippen molar-refractivity contribution in [3.05, 3.63) is 29.8 Å². The van der Waals surface area contributed by atoms with Crippen LogP contribution in [-0.2, 0) is 4.74 Å². The van der Waals surface area contributed by atoms with Crippen LogP contribution >= 0.6 is 0 Å². The summed E-state index contributed by atoms with van der Waals surface area (Å²) >= 11 is 0. The maximum Gasteiger partial charge on any atom is 0.229 e. The van der Waals surface area contributed by atoms with Crippen molar-refractivity contribution in [2.24, 2.45) is 0 Å². The predicted molar refractivity (Wildman–Crippen MR) is 120 cm³/mol. The lowest BCUT2D eigenvalue weighted by atomic mass is 10.2. The highest BCUT2D eigenvalue weighted by Gasteiger charge is 2.22. The molecule has 0 unspecified atom stereocenters. The smallest absolute Gasteiger partial charge is 0.229 e. The molecule has 4 N–H and O–H groups in total. The van der Waals surface area contributed by atoms with Gasteiger partial charge in [-0.2, -0.15) is 15.0 Å². The van der Waals surface area contributed by atoms with E-state index in [0.29, 0.717) is 50.3 Å². The van der Waals surface area contributed by atoms with Crippen LogP contribution in [0.5, 0.6) is 0 Å². The second kappa shape index (κ2) is 9.90. The molecule has 1 aliphatic heterocycles. The summed E-state index contributed by atoms with van der Waals surface area (Å²) in [5.41, 5.74) is 3.39. The van der Waals surface area contributed by atoms with E-state index < -0.39 is 0 Å². The summed E-state index contributed by atoms with van der Waals surface area (Å²) in [6.45, 7) is 5.72. The van der Waals surface area contributed by atoms with Gasteiger partial charge in [-0.05, 0) is 31.0 Å². The Morgan fingerprint density at radius 1 is 1.13 bits per heavy atom. The van der Waals surface area contributed by atoms with E-state index in [1.54, 1.807) is 0 Å². The Morgan fingerprint density at radius 3 is 2.71 bits per heavy atom. The molecule has 4 rings (SSSR count). The number of hydrogen-bond donors (Lipinski definition) is 4. The number of ether oxygens (including phenoxy) is 1. The molecule has 0 aliphatic carbocycles. The molecule has 3 aromatic rings. The van der Waals surface area contributed by atoms with Gasteiger partial charge >= 0.3 is 0 Å². The highest BCUT2D eigenvalue weighted by atomic mass is 16.5. The Hall–Kier alpha value is -2.95. The maximum atomic E-state index is 9.50. The summed E-state index contributed by atoms with van der Waals surface area (Å²) in [7, 11) is 0. The largest absolute Gasteiger partial charge is 0.396 e.